The summed E-state index contributed by atoms with van der Waals surface area (Å²) < 4.78 is 25.8. The van der Waals surface area contributed by atoms with E-state index in [-0.39, 0.29) is 24.8 Å². The number of methoxy groups -OCH3 is 1. The summed E-state index contributed by atoms with van der Waals surface area (Å²) in [5, 5.41) is 3.37. The van der Waals surface area contributed by atoms with Crippen molar-refractivity contribution >= 4 is 28.3 Å². The third kappa shape index (κ3) is 5.92. The van der Waals surface area contributed by atoms with E-state index in [1.54, 1.807) is 31.5 Å². The Labute approximate surface area is 178 Å². The average Bonchev–Trinajstić information content (AvgIpc) is 2.69. The number of pyridine rings is 1. The molecule has 7 heteroatoms. The minimum absolute atomic E-state index is 0. The molecule has 0 saturated carbocycles. The first-order valence-electron chi connectivity index (χ1n) is 8.49. The number of nitrogens with zero attached hydrogens (tertiary/aromatic N) is 1. The third-order valence-electron chi connectivity index (χ3n) is 4.00. The van der Waals surface area contributed by atoms with E-state index in [4.69, 9.17) is 9.47 Å². The van der Waals surface area contributed by atoms with Crippen LogP contribution in [-0.2, 0) is 19.7 Å². The Morgan fingerprint density at radius 3 is 2.57 bits per heavy atom. The number of ether oxygens (including phenoxy) is 2. The van der Waals surface area contributed by atoms with Crippen molar-refractivity contribution in [2.24, 2.45) is 0 Å². The highest BCUT2D eigenvalue weighted by Crippen LogP contribution is 2.37. The Morgan fingerprint density at radius 1 is 1.07 bits per heavy atom. The topological polar surface area (TPSA) is 43.4 Å². The van der Waals surface area contributed by atoms with Gasteiger partial charge in [0.05, 0.1) is 11.6 Å². The van der Waals surface area contributed by atoms with Crippen LogP contribution >= 0.6 is 28.3 Å². The van der Waals surface area contributed by atoms with Gasteiger partial charge in [-0.1, -0.05) is 24.3 Å². The minimum atomic E-state index is -0.288. The first kappa shape index (κ1) is 22.1. The van der Waals surface area contributed by atoms with E-state index in [1.807, 2.05) is 30.5 Å². The molecule has 1 N–H and O–H groups in total. The summed E-state index contributed by atoms with van der Waals surface area (Å²) >= 11 is 3.53. The fourth-order valence-corrected chi connectivity index (χ4v) is 3.24. The number of hydrogen-bond acceptors (Lipinski definition) is 4. The molecule has 4 nitrogen and oxygen atoms in total. The number of hydrogen-bond donors (Lipinski definition) is 1. The molecule has 3 aromatic rings. The summed E-state index contributed by atoms with van der Waals surface area (Å²) in [6.45, 7) is 1.51. The lowest BCUT2D eigenvalue weighted by Gasteiger charge is -2.15. The highest BCUT2D eigenvalue weighted by Gasteiger charge is 2.13. The summed E-state index contributed by atoms with van der Waals surface area (Å²) in [6.07, 6.45) is 3.59. The Bertz CT molecular complexity index is 897. The molecule has 2 aromatic carbocycles. The molecule has 0 bridgehead atoms. The van der Waals surface area contributed by atoms with E-state index >= 15 is 0 Å². The number of nitrogens with one attached hydrogen (secondary N) is 1. The molecule has 148 valence electrons. The number of benzene rings is 2. The maximum atomic E-state index is 13.8. The van der Waals surface area contributed by atoms with Gasteiger partial charge in [-0.25, -0.2) is 4.39 Å². The van der Waals surface area contributed by atoms with Gasteiger partial charge in [0.25, 0.3) is 0 Å². The Balaban J connectivity index is 0.00000280. The van der Waals surface area contributed by atoms with E-state index in [0.29, 0.717) is 23.6 Å². The summed E-state index contributed by atoms with van der Waals surface area (Å²) in [7, 11) is 1.59. The van der Waals surface area contributed by atoms with Crippen molar-refractivity contribution in [2.75, 3.05) is 7.11 Å². The van der Waals surface area contributed by atoms with Gasteiger partial charge in [0.1, 0.15) is 12.4 Å². The maximum Gasteiger partial charge on any atom is 0.175 e. The molecule has 0 saturated heterocycles. The monoisotopic (exact) mass is 466 g/mol. The van der Waals surface area contributed by atoms with Gasteiger partial charge in [-0.3, -0.25) is 4.98 Å². The standard InChI is InChI=1S/C21H20BrFN2O2.ClH/c1-26-20-10-16(13-25-12-15-5-4-8-24-11-15)9-18(22)21(20)27-14-17-6-2-3-7-19(17)23;/h2-11,25H,12-14H2,1H3;1H. The molecule has 1 aromatic heterocycles. The molecule has 0 atom stereocenters. The zero-order valence-corrected chi connectivity index (χ0v) is 17.7. The summed E-state index contributed by atoms with van der Waals surface area (Å²) in [5.74, 6) is 0.861. The molecule has 0 fully saturated rings. The molecular formula is C21H21BrClFN2O2. The Morgan fingerprint density at radius 2 is 1.86 bits per heavy atom. The quantitative estimate of drug-likeness (QED) is 0.489. The largest absolute Gasteiger partial charge is 0.493 e. The van der Waals surface area contributed by atoms with Crippen LogP contribution in [0.1, 0.15) is 16.7 Å². The smallest absolute Gasteiger partial charge is 0.175 e. The van der Waals surface area contributed by atoms with Crippen LogP contribution in [0.4, 0.5) is 4.39 Å². The molecule has 0 amide bonds. The van der Waals surface area contributed by atoms with Crippen LogP contribution in [0.5, 0.6) is 11.5 Å². The van der Waals surface area contributed by atoms with Crippen LogP contribution in [0.25, 0.3) is 0 Å². The van der Waals surface area contributed by atoms with E-state index in [2.05, 4.69) is 26.2 Å². The van der Waals surface area contributed by atoms with E-state index < -0.39 is 0 Å². The third-order valence-corrected chi connectivity index (χ3v) is 4.59. The molecule has 3 rings (SSSR count). The summed E-state index contributed by atoms with van der Waals surface area (Å²) in [4.78, 5) is 4.10. The van der Waals surface area contributed by atoms with Crippen LogP contribution in [0.2, 0.25) is 0 Å². The summed E-state index contributed by atoms with van der Waals surface area (Å²) in [6, 6.07) is 14.4. The number of aromatic nitrogens is 1. The highest BCUT2D eigenvalue weighted by atomic mass is 79.9. The molecule has 0 unspecified atom stereocenters. The number of halogens is 3. The van der Waals surface area contributed by atoms with Crippen molar-refractivity contribution in [3.63, 3.8) is 0 Å². The molecule has 0 aliphatic heterocycles. The normalized spacial score (nSPS) is 10.2. The van der Waals surface area contributed by atoms with Gasteiger partial charge in [0, 0.05) is 31.0 Å². The fourth-order valence-electron chi connectivity index (χ4n) is 2.63. The molecule has 0 radical (unpaired) electrons. The van der Waals surface area contributed by atoms with Crippen molar-refractivity contribution < 1.29 is 13.9 Å². The van der Waals surface area contributed by atoms with Gasteiger partial charge in [-0.15, -0.1) is 12.4 Å². The van der Waals surface area contributed by atoms with Crippen molar-refractivity contribution in [3.8, 4) is 11.5 Å². The Kier molecular flexibility index (Phi) is 8.70. The fraction of sp³-hybridized carbons (Fsp3) is 0.190. The van der Waals surface area contributed by atoms with Gasteiger partial charge in [0.15, 0.2) is 11.5 Å². The van der Waals surface area contributed by atoms with Crippen LogP contribution in [-0.4, -0.2) is 12.1 Å². The lowest BCUT2D eigenvalue weighted by atomic mass is 10.2. The van der Waals surface area contributed by atoms with E-state index in [1.165, 1.54) is 6.07 Å². The summed E-state index contributed by atoms with van der Waals surface area (Å²) in [5.41, 5.74) is 2.66. The van der Waals surface area contributed by atoms with E-state index in [9.17, 15) is 4.39 Å². The second-order valence-electron chi connectivity index (χ2n) is 5.95. The van der Waals surface area contributed by atoms with Crippen molar-refractivity contribution in [2.45, 2.75) is 19.7 Å². The zero-order chi connectivity index (χ0) is 19.1. The van der Waals surface area contributed by atoms with Crippen molar-refractivity contribution in [1.29, 1.82) is 0 Å². The second-order valence-corrected chi connectivity index (χ2v) is 6.81. The SMILES string of the molecule is COc1cc(CNCc2cccnc2)cc(Br)c1OCc1ccccc1F.Cl. The molecule has 0 aliphatic carbocycles. The average molecular weight is 468 g/mol. The molecule has 1 heterocycles. The lowest BCUT2D eigenvalue weighted by molar-refractivity contribution is 0.277. The minimum Gasteiger partial charge on any atom is -0.493 e. The molecular weight excluding hydrogens is 447 g/mol. The maximum absolute atomic E-state index is 13.8. The first-order chi connectivity index (χ1) is 13.2. The van der Waals surface area contributed by atoms with Crippen molar-refractivity contribution in [1.82, 2.24) is 10.3 Å². The van der Waals surface area contributed by atoms with E-state index in [0.717, 1.165) is 22.1 Å². The lowest BCUT2D eigenvalue weighted by Crippen LogP contribution is -2.13. The van der Waals surface area contributed by atoms with Gasteiger partial charge >= 0.3 is 0 Å². The molecule has 0 aliphatic rings. The van der Waals surface area contributed by atoms with Crippen LogP contribution in [0.15, 0.2) is 65.4 Å². The van der Waals surface area contributed by atoms with Gasteiger partial charge in [0.2, 0.25) is 0 Å². The van der Waals surface area contributed by atoms with Gasteiger partial charge < -0.3 is 14.8 Å². The first-order valence-corrected chi connectivity index (χ1v) is 9.29. The van der Waals surface area contributed by atoms with Crippen LogP contribution in [0, 0.1) is 5.82 Å². The zero-order valence-electron chi connectivity index (χ0n) is 15.3. The molecule has 28 heavy (non-hydrogen) atoms. The predicted molar refractivity (Wildman–Crippen MR) is 113 cm³/mol. The molecule has 0 spiro atoms. The highest BCUT2D eigenvalue weighted by molar-refractivity contribution is 9.10. The van der Waals surface area contributed by atoms with Gasteiger partial charge in [-0.2, -0.15) is 0 Å². The van der Waals surface area contributed by atoms with Crippen molar-refractivity contribution in [3.05, 3.63) is 87.9 Å². The Hall–Kier alpha value is -2.15. The predicted octanol–water partition coefficient (Wildman–Crippen LogP) is 5.28. The second kappa shape index (κ2) is 11.0. The van der Waals surface area contributed by atoms with Gasteiger partial charge in [-0.05, 0) is 51.3 Å². The number of rotatable bonds is 8. The van der Waals surface area contributed by atoms with Crippen LogP contribution < -0.4 is 14.8 Å². The van der Waals surface area contributed by atoms with Crippen LogP contribution in [0.3, 0.4) is 0 Å².